The number of aromatic nitrogens is 3. The molecule has 3 N–H and O–H groups in total. The van der Waals surface area contributed by atoms with Gasteiger partial charge in [-0.3, -0.25) is 29.3 Å². The van der Waals surface area contributed by atoms with E-state index < -0.39 is 5.41 Å². The van der Waals surface area contributed by atoms with Gasteiger partial charge >= 0.3 is 0 Å². The van der Waals surface area contributed by atoms with E-state index in [9.17, 15) is 19.2 Å². The average Bonchev–Trinajstić information content (AvgIpc) is 4.16. The van der Waals surface area contributed by atoms with Gasteiger partial charge in [0, 0.05) is 79.6 Å². The lowest BCUT2D eigenvalue weighted by molar-refractivity contribution is -0.140. The minimum Gasteiger partial charge on any atom is -0.382 e. The van der Waals surface area contributed by atoms with Crippen molar-refractivity contribution in [1.29, 1.82) is 0 Å². The smallest absolute Gasteiger partial charge is 0.238 e. The molecule has 2 aliphatic carbocycles. The average molecular weight is 1020 g/mol. The molecule has 1 spiro atoms. The number of benzene rings is 3. The molecule has 5 aliphatic heterocycles. The minimum absolute atomic E-state index is 0.0656. The summed E-state index contributed by atoms with van der Waals surface area (Å²) in [5, 5.41) is 9.35. The molecule has 12 rings (SSSR count). The molecule has 7 heterocycles. The molecule has 2 atom stereocenters. The molecule has 4 saturated heterocycles. The molecule has 392 valence electrons. The van der Waals surface area contributed by atoms with E-state index in [1.807, 2.05) is 44.7 Å². The van der Waals surface area contributed by atoms with Crippen LogP contribution in [0.4, 0.5) is 27.3 Å². The molecule has 15 nitrogen and oxygen atoms in total. The van der Waals surface area contributed by atoms with Crippen LogP contribution < -0.4 is 20.9 Å². The van der Waals surface area contributed by atoms with E-state index in [-0.39, 0.29) is 71.2 Å². The summed E-state index contributed by atoms with van der Waals surface area (Å²) >= 11 is 0. The molecule has 0 bridgehead atoms. The number of anilines is 4. The Morgan fingerprint density at radius 1 is 0.787 bits per heavy atom. The third-order valence-electron chi connectivity index (χ3n) is 18.1. The van der Waals surface area contributed by atoms with Crippen molar-refractivity contribution in [2.45, 2.75) is 139 Å². The Balaban J connectivity index is 0.715. The summed E-state index contributed by atoms with van der Waals surface area (Å²) in [6.45, 7) is 8.36. The fourth-order valence-electron chi connectivity index (χ4n) is 13.7. The number of imidazole rings is 1. The topological polar surface area (TPSA) is 165 Å². The van der Waals surface area contributed by atoms with Gasteiger partial charge in [0.05, 0.1) is 40.5 Å². The number of pyridine rings is 1. The first-order chi connectivity index (χ1) is 36.4. The number of carbonyl (C=O) groups is 5. The predicted molar refractivity (Wildman–Crippen MR) is 286 cm³/mol. The number of para-hydroxylation sites is 1. The maximum atomic E-state index is 15.3. The summed E-state index contributed by atoms with van der Waals surface area (Å²) in [7, 11) is 0. The van der Waals surface area contributed by atoms with Crippen LogP contribution in [-0.4, -0.2) is 116 Å². The second-order valence-corrected chi connectivity index (χ2v) is 22.9. The van der Waals surface area contributed by atoms with Crippen LogP contribution in [0, 0.1) is 17.7 Å². The molecule has 1 unspecified atom stereocenters. The highest BCUT2D eigenvalue weighted by atomic mass is 19.1. The van der Waals surface area contributed by atoms with Crippen molar-refractivity contribution in [3.05, 3.63) is 96.1 Å². The van der Waals surface area contributed by atoms with Crippen molar-refractivity contribution < 1.29 is 28.4 Å². The van der Waals surface area contributed by atoms with E-state index in [2.05, 4.69) is 57.8 Å². The number of rotatable bonds is 11. The van der Waals surface area contributed by atoms with E-state index in [1.54, 1.807) is 24.5 Å². The number of amides is 5. The quantitative estimate of drug-likeness (QED) is 0.109. The van der Waals surface area contributed by atoms with Gasteiger partial charge < -0.3 is 34.8 Å². The monoisotopic (exact) mass is 1020 g/mol. The number of imide groups is 1. The van der Waals surface area contributed by atoms with Crippen molar-refractivity contribution in [3.63, 3.8) is 0 Å². The summed E-state index contributed by atoms with van der Waals surface area (Å²) in [6.07, 6.45) is 13.3. The van der Waals surface area contributed by atoms with Crippen LogP contribution in [0.2, 0.25) is 0 Å². The fraction of sp³-hybridized carbons (Fsp3) is 0.508. The SMILES string of the molecule is CC(C)n1cnc2cc(-c3ccc4c(c3)N([C@H]3C[C@@H](N5CCCCC5)C3)C(=O)C43CCN(C(=O)[C@@H]4CCN(C(=O)[C@H]5CC[C@H](Nc6ccc(C7CCC(=O)NC7=O)cc6)CC5)C4)CC3)nc(Nc3ccccc3F)c21. The summed E-state index contributed by atoms with van der Waals surface area (Å²) in [4.78, 5) is 86.1. The minimum atomic E-state index is -0.754. The highest BCUT2D eigenvalue weighted by Crippen LogP contribution is 2.52. The van der Waals surface area contributed by atoms with Gasteiger partial charge in [-0.1, -0.05) is 42.8 Å². The molecule has 2 saturated carbocycles. The molecule has 7 aliphatic rings. The highest BCUT2D eigenvalue weighted by molar-refractivity contribution is 6.09. The molecule has 5 amide bonds. The maximum absolute atomic E-state index is 15.3. The first kappa shape index (κ1) is 49.2. The zero-order valence-corrected chi connectivity index (χ0v) is 43.2. The zero-order valence-electron chi connectivity index (χ0n) is 43.2. The van der Waals surface area contributed by atoms with Crippen LogP contribution in [0.5, 0.6) is 0 Å². The van der Waals surface area contributed by atoms with Gasteiger partial charge in [0.25, 0.3) is 0 Å². The molecule has 5 aromatic rings. The van der Waals surface area contributed by atoms with Crippen molar-refractivity contribution in [1.82, 2.24) is 34.6 Å². The standard InChI is InChI=1S/C59H69FN10O5/c1-36(2)69-35-61-50-33-49(64-54(53(50)69)63-48-9-5-4-8-47(48)60)39-14-20-46-51(30-39)70(44-31-43(32-44)66-25-6-3-7-26-66)58(75)59(46)23-28-67(29-24-59)57(74)40-22-27-68(34-40)56(73)38-12-17-42(18-13-38)62-41-15-10-37(11-16-41)45-19-21-52(71)65-55(45)72/h4-5,8-11,14-16,20,30,33,35-36,38,40,42-45,62H,3,6-7,12-13,17-19,21-29,31-32,34H2,1-2H3,(H,63,64)(H,65,71,72)/t38-,40-,42-,43-,44+,45?/m1/s1. The lowest BCUT2D eigenvalue weighted by atomic mass is 9.73. The number of likely N-dealkylation sites (tertiary alicyclic amines) is 3. The maximum Gasteiger partial charge on any atom is 0.238 e. The molecule has 6 fully saturated rings. The van der Waals surface area contributed by atoms with Gasteiger partial charge in [-0.25, -0.2) is 14.4 Å². The number of nitrogens with zero attached hydrogens (tertiary/aromatic N) is 7. The van der Waals surface area contributed by atoms with E-state index >= 15 is 9.18 Å². The Morgan fingerprint density at radius 2 is 1.53 bits per heavy atom. The summed E-state index contributed by atoms with van der Waals surface area (Å²) in [5.74, 6) is -0.597. The van der Waals surface area contributed by atoms with E-state index in [1.165, 1.54) is 25.3 Å². The number of hydrogen-bond acceptors (Lipinski definition) is 10. The van der Waals surface area contributed by atoms with Crippen LogP contribution in [0.15, 0.2) is 79.1 Å². The number of halogens is 1. The Hall–Kier alpha value is -6.68. The van der Waals surface area contributed by atoms with Crippen molar-refractivity contribution >= 4 is 63.4 Å². The fourth-order valence-corrected chi connectivity index (χ4v) is 13.7. The molecule has 3 aromatic carbocycles. The number of nitrogens with one attached hydrogen (secondary N) is 3. The molecular weight excluding hydrogens is 948 g/mol. The molecule has 75 heavy (non-hydrogen) atoms. The molecule has 0 radical (unpaired) electrons. The van der Waals surface area contributed by atoms with Crippen LogP contribution in [0.1, 0.15) is 127 Å². The first-order valence-electron chi connectivity index (χ1n) is 27.8. The summed E-state index contributed by atoms with van der Waals surface area (Å²) in [6, 6.07) is 23.7. The van der Waals surface area contributed by atoms with E-state index in [0.29, 0.717) is 81.5 Å². The number of piperidine rings is 3. The lowest BCUT2D eigenvalue weighted by Gasteiger charge is -2.48. The Labute approximate surface area is 438 Å². The first-order valence-corrected chi connectivity index (χ1v) is 27.8. The highest BCUT2D eigenvalue weighted by Gasteiger charge is 2.56. The van der Waals surface area contributed by atoms with Gasteiger partial charge in [0.15, 0.2) is 5.82 Å². The third-order valence-corrected chi connectivity index (χ3v) is 18.1. The predicted octanol–water partition coefficient (Wildman–Crippen LogP) is 8.83. The number of fused-ring (bicyclic) bond motifs is 3. The van der Waals surface area contributed by atoms with Crippen molar-refractivity contribution in [2.75, 3.05) is 54.8 Å². The van der Waals surface area contributed by atoms with Crippen LogP contribution in [0.25, 0.3) is 22.3 Å². The van der Waals surface area contributed by atoms with Crippen LogP contribution in [0.3, 0.4) is 0 Å². The van der Waals surface area contributed by atoms with Crippen molar-refractivity contribution in [2.24, 2.45) is 11.8 Å². The summed E-state index contributed by atoms with van der Waals surface area (Å²) in [5.41, 5.74) is 6.43. The summed E-state index contributed by atoms with van der Waals surface area (Å²) < 4.78 is 17.2. The zero-order chi connectivity index (χ0) is 51.5. The van der Waals surface area contributed by atoms with Gasteiger partial charge in [-0.2, -0.15) is 0 Å². The van der Waals surface area contributed by atoms with E-state index in [4.69, 9.17) is 9.97 Å². The molecule has 2 aromatic heterocycles. The Morgan fingerprint density at radius 3 is 2.27 bits per heavy atom. The van der Waals surface area contributed by atoms with Gasteiger partial charge in [0.1, 0.15) is 11.3 Å². The second-order valence-electron chi connectivity index (χ2n) is 22.9. The number of carbonyl (C=O) groups excluding carboxylic acids is 5. The van der Waals surface area contributed by atoms with Gasteiger partial charge in [0.2, 0.25) is 29.5 Å². The van der Waals surface area contributed by atoms with Crippen molar-refractivity contribution in [3.8, 4) is 11.3 Å². The largest absolute Gasteiger partial charge is 0.382 e. The molecule has 16 heteroatoms. The second kappa shape index (κ2) is 20.1. The van der Waals surface area contributed by atoms with E-state index in [0.717, 1.165) is 90.7 Å². The normalized spacial score (nSPS) is 25.9. The Kier molecular flexibility index (Phi) is 13.2. The van der Waals surface area contributed by atoms with Gasteiger partial charge in [-0.15, -0.1) is 0 Å². The Bertz CT molecular complexity index is 3020. The lowest BCUT2D eigenvalue weighted by Crippen LogP contribution is -2.58. The molecular formula is C59H69FN10O5. The third kappa shape index (κ3) is 9.24. The van der Waals surface area contributed by atoms with Crippen LogP contribution >= 0.6 is 0 Å². The van der Waals surface area contributed by atoms with Crippen LogP contribution in [-0.2, 0) is 29.4 Å². The number of hydrogen-bond donors (Lipinski definition) is 3. The van der Waals surface area contributed by atoms with Gasteiger partial charge in [-0.05, 0) is 152 Å².